The highest BCUT2D eigenvalue weighted by molar-refractivity contribution is 5.79. The summed E-state index contributed by atoms with van der Waals surface area (Å²) in [5.41, 5.74) is 1.16. The van der Waals surface area contributed by atoms with Gasteiger partial charge in [-0.15, -0.1) is 0 Å². The number of hydrogen-bond acceptors (Lipinski definition) is 4. The second-order valence-electron chi connectivity index (χ2n) is 6.52. The molecule has 6 nitrogen and oxygen atoms in total. The van der Waals surface area contributed by atoms with Gasteiger partial charge >= 0.3 is 0 Å². The van der Waals surface area contributed by atoms with Crippen LogP contribution in [0.2, 0.25) is 0 Å². The summed E-state index contributed by atoms with van der Waals surface area (Å²) in [6, 6.07) is 6.30. The zero-order valence-corrected chi connectivity index (χ0v) is 15.3. The molecule has 25 heavy (non-hydrogen) atoms. The molecule has 0 bridgehead atoms. The van der Waals surface area contributed by atoms with Crippen LogP contribution in [-0.2, 0) is 6.54 Å². The Morgan fingerprint density at radius 3 is 2.68 bits per heavy atom. The van der Waals surface area contributed by atoms with E-state index < -0.39 is 0 Å². The number of likely N-dealkylation sites (tertiary alicyclic amines) is 1. The lowest BCUT2D eigenvalue weighted by atomic mass is 10.2. The van der Waals surface area contributed by atoms with E-state index in [4.69, 9.17) is 8.83 Å². The van der Waals surface area contributed by atoms with Crippen LogP contribution < -0.4 is 10.6 Å². The fourth-order valence-corrected chi connectivity index (χ4v) is 3.40. The highest BCUT2D eigenvalue weighted by Gasteiger charge is 2.25. The normalized spacial score (nSPS) is 17.0. The molecule has 1 saturated heterocycles. The molecule has 136 valence electrons. The third-order valence-corrected chi connectivity index (χ3v) is 4.73. The van der Waals surface area contributed by atoms with Gasteiger partial charge in [0.1, 0.15) is 17.3 Å². The Hall–Kier alpha value is -2.21. The van der Waals surface area contributed by atoms with Crippen molar-refractivity contribution in [3.8, 4) is 0 Å². The molecule has 0 aromatic carbocycles. The molecule has 6 heteroatoms. The predicted molar refractivity (Wildman–Crippen MR) is 98.6 cm³/mol. The zero-order valence-electron chi connectivity index (χ0n) is 15.3. The third-order valence-electron chi connectivity index (χ3n) is 4.73. The Balaban J connectivity index is 1.57. The van der Waals surface area contributed by atoms with Crippen molar-refractivity contribution in [1.29, 1.82) is 0 Å². The Labute approximate surface area is 149 Å². The van der Waals surface area contributed by atoms with Crippen molar-refractivity contribution in [3.63, 3.8) is 0 Å². The molecule has 0 radical (unpaired) electrons. The highest BCUT2D eigenvalue weighted by Crippen LogP contribution is 2.24. The van der Waals surface area contributed by atoms with Gasteiger partial charge in [0.05, 0.1) is 12.3 Å². The standard InChI is InChI=1S/C19H28N4O2/c1-14-11-16(15(2)25-14)12-21-19(20-3)22-13-17(18-7-6-10-24-18)23-8-4-5-9-23/h6-7,10-11,17H,4-5,8-9,12-13H2,1-3H3,(H2,20,21,22). The van der Waals surface area contributed by atoms with Gasteiger partial charge in [0.25, 0.3) is 0 Å². The van der Waals surface area contributed by atoms with Gasteiger partial charge in [-0.2, -0.15) is 0 Å². The van der Waals surface area contributed by atoms with E-state index in [-0.39, 0.29) is 6.04 Å². The van der Waals surface area contributed by atoms with Crippen molar-refractivity contribution < 1.29 is 8.83 Å². The van der Waals surface area contributed by atoms with Crippen molar-refractivity contribution in [2.24, 2.45) is 4.99 Å². The summed E-state index contributed by atoms with van der Waals surface area (Å²) in [5, 5.41) is 6.80. The van der Waals surface area contributed by atoms with Crippen molar-refractivity contribution in [1.82, 2.24) is 15.5 Å². The molecular weight excluding hydrogens is 316 g/mol. The topological polar surface area (TPSA) is 65.9 Å². The number of hydrogen-bond donors (Lipinski definition) is 2. The van der Waals surface area contributed by atoms with E-state index in [1.165, 1.54) is 12.8 Å². The van der Waals surface area contributed by atoms with Crippen LogP contribution in [0.5, 0.6) is 0 Å². The minimum atomic E-state index is 0.231. The molecule has 2 aromatic heterocycles. The molecule has 1 atom stereocenters. The smallest absolute Gasteiger partial charge is 0.191 e. The van der Waals surface area contributed by atoms with E-state index in [9.17, 15) is 0 Å². The molecule has 1 aliphatic heterocycles. The van der Waals surface area contributed by atoms with Crippen LogP contribution in [0.15, 0.2) is 38.3 Å². The summed E-state index contributed by atoms with van der Waals surface area (Å²) in [6.45, 7) is 7.64. The molecule has 3 heterocycles. The molecule has 0 aliphatic carbocycles. The second-order valence-corrected chi connectivity index (χ2v) is 6.52. The average Bonchev–Trinajstić information content (AvgIpc) is 3.34. The first kappa shape index (κ1) is 17.6. The van der Waals surface area contributed by atoms with Crippen molar-refractivity contribution in [3.05, 3.63) is 47.3 Å². The van der Waals surface area contributed by atoms with Gasteiger partial charge in [-0.25, -0.2) is 0 Å². The minimum absolute atomic E-state index is 0.231. The number of aliphatic imine (C=N–C) groups is 1. The van der Waals surface area contributed by atoms with Gasteiger partial charge < -0.3 is 19.5 Å². The van der Waals surface area contributed by atoms with Gasteiger partial charge in [-0.3, -0.25) is 9.89 Å². The van der Waals surface area contributed by atoms with Crippen LogP contribution in [-0.4, -0.2) is 37.5 Å². The van der Waals surface area contributed by atoms with Gasteiger partial charge in [-0.05, 0) is 58.0 Å². The van der Waals surface area contributed by atoms with Crippen LogP contribution in [0.25, 0.3) is 0 Å². The summed E-state index contributed by atoms with van der Waals surface area (Å²) in [6.07, 6.45) is 4.25. The van der Waals surface area contributed by atoms with Crippen LogP contribution in [0, 0.1) is 13.8 Å². The van der Waals surface area contributed by atoms with Gasteiger partial charge in [0, 0.05) is 25.7 Å². The quantitative estimate of drug-likeness (QED) is 0.623. The molecule has 1 fully saturated rings. The van der Waals surface area contributed by atoms with Gasteiger partial charge in [0.15, 0.2) is 5.96 Å². The maximum absolute atomic E-state index is 5.67. The maximum atomic E-state index is 5.67. The average molecular weight is 344 g/mol. The highest BCUT2D eigenvalue weighted by atomic mass is 16.3. The van der Waals surface area contributed by atoms with Crippen LogP contribution in [0.1, 0.15) is 41.7 Å². The monoisotopic (exact) mass is 344 g/mol. The van der Waals surface area contributed by atoms with E-state index in [1.54, 1.807) is 13.3 Å². The lowest BCUT2D eigenvalue weighted by molar-refractivity contribution is 0.215. The second kappa shape index (κ2) is 8.25. The van der Waals surface area contributed by atoms with E-state index in [0.29, 0.717) is 6.54 Å². The molecule has 0 amide bonds. The summed E-state index contributed by atoms with van der Waals surface area (Å²) < 4.78 is 11.2. The molecule has 2 aromatic rings. The molecule has 3 rings (SSSR count). The van der Waals surface area contributed by atoms with E-state index in [0.717, 1.165) is 48.4 Å². The Morgan fingerprint density at radius 1 is 1.28 bits per heavy atom. The predicted octanol–water partition coefficient (Wildman–Crippen LogP) is 2.99. The molecule has 1 unspecified atom stereocenters. The number of guanidine groups is 1. The lowest BCUT2D eigenvalue weighted by Crippen LogP contribution is -2.42. The molecule has 1 aliphatic rings. The fourth-order valence-electron chi connectivity index (χ4n) is 3.40. The SMILES string of the molecule is CN=C(NCc1cc(C)oc1C)NCC(c1ccco1)N1CCCC1. The fraction of sp³-hybridized carbons (Fsp3) is 0.526. The number of nitrogens with zero attached hydrogens (tertiary/aromatic N) is 2. The van der Waals surface area contributed by atoms with Crippen molar-refractivity contribution in [2.45, 2.75) is 39.3 Å². The van der Waals surface area contributed by atoms with Gasteiger partial charge in [0.2, 0.25) is 0 Å². The Morgan fingerprint density at radius 2 is 2.08 bits per heavy atom. The number of furan rings is 2. The summed E-state index contributed by atoms with van der Waals surface area (Å²) in [5.74, 6) is 3.68. The summed E-state index contributed by atoms with van der Waals surface area (Å²) in [4.78, 5) is 6.81. The largest absolute Gasteiger partial charge is 0.468 e. The van der Waals surface area contributed by atoms with E-state index >= 15 is 0 Å². The van der Waals surface area contributed by atoms with Crippen LogP contribution in [0.4, 0.5) is 0 Å². The van der Waals surface area contributed by atoms with Crippen LogP contribution in [0.3, 0.4) is 0 Å². The minimum Gasteiger partial charge on any atom is -0.468 e. The van der Waals surface area contributed by atoms with Crippen molar-refractivity contribution in [2.75, 3.05) is 26.7 Å². The lowest BCUT2D eigenvalue weighted by Gasteiger charge is -2.26. The molecule has 0 spiro atoms. The molecular formula is C19H28N4O2. The first-order valence-electron chi connectivity index (χ1n) is 8.95. The Kier molecular flexibility index (Phi) is 5.81. The summed E-state index contributed by atoms with van der Waals surface area (Å²) in [7, 11) is 1.79. The number of rotatable bonds is 6. The van der Waals surface area contributed by atoms with Gasteiger partial charge in [-0.1, -0.05) is 0 Å². The molecule has 2 N–H and O–H groups in total. The Bertz CT molecular complexity index is 684. The maximum Gasteiger partial charge on any atom is 0.191 e. The van der Waals surface area contributed by atoms with E-state index in [1.807, 2.05) is 19.9 Å². The van der Waals surface area contributed by atoms with E-state index in [2.05, 4.69) is 32.7 Å². The van der Waals surface area contributed by atoms with Crippen molar-refractivity contribution >= 4 is 5.96 Å². The number of aryl methyl sites for hydroxylation is 2. The summed E-state index contributed by atoms with van der Waals surface area (Å²) >= 11 is 0. The first-order valence-corrected chi connectivity index (χ1v) is 8.95. The third kappa shape index (κ3) is 4.45. The molecule has 0 saturated carbocycles. The first-order chi connectivity index (χ1) is 12.2. The number of nitrogens with one attached hydrogen (secondary N) is 2. The van der Waals surface area contributed by atoms with Crippen LogP contribution >= 0.6 is 0 Å². The zero-order chi connectivity index (χ0) is 17.6.